The molecule has 2 aliphatic heterocycles. The van der Waals surface area contributed by atoms with Crippen LogP contribution in [0.25, 0.3) is 11.0 Å². The number of thiazole rings is 1. The summed E-state index contributed by atoms with van der Waals surface area (Å²) in [6, 6.07) is 2.25. The Morgan fingerprint density at radius 2 is 1.96 bits per heavy atom. The number of nitrogens with one attached hydrogen (secondary N) is 3. The monoisotopic (exact) mass is 739 g/mol. The summed E-state index contributed by atoms with van der Waals surface area (Å²) in [7, 11) is -3.90. The topological polar surface area (TPSA) is 190 Å². The summed E-state index contributed by atoms with van der Waals surface area (Å²) >= 11 is 1.24. The molecule has 4 aliphatic rings. The molecular weight excluding hydrogens is 702 g/mol. The van der Waals surface area contributed by atoms with Crippen molar-refractivity contribution >= 4 is 56.0 Å². The smallest absolute Gasteiger partial charge is 0.271 e. The number of hydrogen-bond donors (Lipinski definition) is 3. The number of ether oxygens (including phenoxy) is 1. The first-order valence-electron chi connectivity index (χ1n) is 17.1. The van der Waals surface area contributed by atoms with Gasteiger partial charge in [-0.25, -0.2) is 27.8 Å². The second kappa shape index (κ2) is 13.9. The molecule has 7 rings (SSSR count). The van der Waals surface area contributed by atoms with Crippen molar-refractivity contribution in [2.24, 2.45) is 5.92 Å². The van der Waals surface area contributed by atoms with Crippen molar-refractivity contribution in [1.82, 2.24) is 35.2 Å². The van der Waals surface area contributed by atoms with Gasteiger partial charge in [-0.05, 0) is 57.6 Å². The van der Waals surface area contributed by atoms with Gasteiger partial charge in [-0.3, -0.25) is 23.9 Å². The minimum Gasteiger partial charge on any atom is -0.471 e. The van der Waals surface area contributed by atoms with Crippen LogP contribution in [-0.4, -0.2) is 87.4 Å². The van der Waals surface area contributed by atoms with Crippen molar-refractivity contribution in [2.75, 3.05) is 6.54 Å². The Balaban J connectivity index is 1.20. The fraction of sp³-hybridized carbons (Fsp3) is 0.500. The van der Waals surface area contributed by atoms with Crippen LogP contribution >= 0.6 is 11.3 Å². The van der Waals surface area contributed by atoms with Crippen LogP contribution in [0.4, 0.5) is 4.39 Å². The molecule has 51 heavy (non-hydrogen) atoms. The maximum absolute atomic E-state index is 14.6. The number of carbonyl (C=O) groups is 4. The third kappa shape index (κ3) is 7.31. The second-order valence-corrected chi connectivity index (χ2v) is 16.3. The van der Waals surface area contributed by atoms with Crippen LogP contribution in [-0.2, 0) is 24.4 Å². The van der Waals surface area contributed by atoms with Crippen molar-refractivity contribution in [3.8, 4) is 5.88 Å². The van der Waals surface area contributed by atoms with Gasteiger partial charge < -0.3 is 20.3 Å². The predicted molar refractivity (Wildman–Crippen MR) is 183 cm³/mol. The first-order valence-corrected chi connectivity index (χ1v) is 19.6. The molecule has 17 heteroatoms. The van der Waals surface area contributed by atoms with Crippen LogP contribution in [0.15, 0.2) is 41.2 Å². The van der Waals surface area contributed by atoms with E-state index in [0.717, 1.165) is 12.8 Å². The lowest BCUT2D eigenvalue weighted by Crippen LogP contribution is -2.58. The number of halogens is 1. The SMILES string of the molecule is Cc1nc2cccc(F)c2nc1O[C@@H]1C[C@H]2C(=O)N[C@]3(C(=O)NS(=O)(=O)C4CC4)C[C@H]3C=CCCCCC[C@H](NC(=O)c3cscn3)C(=O)N2C1. The highest BCUT2D eigenvalue weighted by atomic mass is 32.2. The third-order valence-electron chi connectivity index (χ3n) is 9.87. The lowest BCUT2D eigenvalue weighted by molar-refractivity contribution is -0.141. The molecule has 4 amide bonds. The summed E-state index contributed by atoms with van der Waals surface area (Å²) in [6.45, 7) is 1.57. The van der Waals surface area contributed by atoms with Crippen molar-refractivity contribution < 1.29 is 36.7 Å². The molecule has 3 N–H and O–H groups in total. The summed E-state index contributed by atoms with van der Waals surface area (Å²) < 4.78 is 48.6. The Morgan fingerprint density at radius 3 is 2.73 bits per heavy atom. The molecule has 4 heterocycles. The van der Waals surface area contributed by atoms with Gasteiger partial charge in [0, 0.05) is 17.7 Å². The summed E-state index contributed by atoms with van der Waals surface area (Å²) in [5.74, 6) is -3.53. The maximum Gasteiger partial charge on any atom is 0.271 e. The summed E-state index contributed by atoms with van der Waals surface area (Å²) in [4.78, 5) is 69.5. The highest BCUT2D eigenvalue weighted by Gasteiger charge is 2.62. The van der Waals surface area contributed by atoms with E-state index in [1.54, 1.807) is 18.4 Å². The number of aromatic nitrogens is 3. The summed E-state index contributed by atoms with van der Waals surface area (Å²) in [5.41, 5.74) is 0.873. The summed E-state index contributed by atoms with van der Waals surface area (Å²) in [6.07, 6.45) is 7.16. The van der Waals surface area contributed by atoms with Crippen LogP contribution in [0.1, 0.15) is 74.0 Å². The van der Waals surface area contributed by atoms with E-state index in [4.69, 9.17) is 4.74 Å². The number of rotatable bonds is 7. The number of sulfonamides is 1. The van der Waals surface area contributed by atoms with E-state index < -0.39 is 74.4 Å². The number of para-hydroxylation sites is 1. The number of aryl methyl sites for hydroxylation is 1. The zero-order chi connectivity index (χ0) is 35.9. The molecule has 1 saturated heterocycles. The fourth-order valence-electron chi connectivity index (χ4n) is 6.79. The second-order valence-electron chi connectivity index (χ2n) is 13.6. The molecule has 5 atom stereocenters. The lowest BCUT2D eigenvalue weighted by atomic mass is 10.0. The van der Waals surface area contributed by atoms with E-state index in [1.807, 2.05) is 12.2 Å². The van der Waals surface area contributed by atoms with E-state index in [-0.39, 0.29) is 36.5 Å². The Bertz CT molecular complexity index is 2010. The quantitative estimate of drug-likeness (QED) is 0.304. The van der Waals surface area contributed by atoms with Gasteiger partial charge in [-0.2, -0.15) is 0 Å². The molecule has 3 aromatic rings. The number of carbonyl (C=O) groups excluding carboxylic acids is 4. The van der Waals surface area contributed by atoms with Gasteiger partial charge >= 0.3 is 0 Å². The van der Waals surface area contributed by atoms with Crippen LogP contribution in [0.2, 0.25) is 0 Å². The maximum atomic E-state index is 14.6. The number of hydrogen-bond acceptors (Lipinski definition) is 11. The Labute approximate surface area is 297 Å². The Hall–Kier alpha value is -4.51. The van der Waals surface area contributed by atoms with Gasteiger partial charge in [0.15, 0.2) is 5.82 Å². The molecule has 14 nitrogen and oxygen atoms in total. The van der Waals surface area contributed by atoms with Gasteiger partial charge in [0.05, 0.1) is 22.8 Å². The Kier molecular flexibility index (Phi) is 9.52. The molecule has 2 saturated carbocycles. The normalized spacial score (nSPS) is 27.1. The van der Waals surface area contributed by atoms with E-state index in [2.05, 4.69) is 30.3 Å². The number of nitrogens with zero attached hydrogens (tertiary/aromatic N) is 4. The van der Waals surface area contributed by atoms with E-state index in [1.165, 1.54) is 33.9 Å². The molecule has 270 valence electrons. The molecule has 0 bridgehead atoms. The van der Waals surface area contributed by atoms with Crippen LogP contribution in [0, 0.1) is 18.7 Å². The van der Waals surface area contributed by atoms with Crippen molar-refractivity contribution in [1.29, 1.82) is 0 Å². The molecule has 0 unspecified atom stereocenters. The predicted octanol–water partition coefficient (Wildman–Crippen LogP) is 2.68. The largest absolute Gasteiger partial charge is 0.471 e. The standard InChI is InChI=1S/C34H38FN7O7S2/c1-19-31(39-28-23(35)9-7-11-24(28)37-19)49-21-14-27-30(44)40-34(33(46)41-51(47,48)22-12-13-22)15-20(34)8-5-3-2-4-6-10-25(32(45)42(27)16-21)38-29(43)26-17-50-18-36-26/h5,7-9,11,17-18,20-22,25,27H,2-4,6,10,12-16H2,1H3,(H,38,43)(H,40,44)(H,41,46)/t20-,21-,25+,27+,34-/m1/s1. The molecule has 2 aromatic heterocycles. The van der Waals surface area contributed by atoms with E-state index in [0.29, 0.717) is 43.3 Å². The lowest BCUT2D eigenvalue weighted by Gasteiger charge is -2.29. The zero-order valence-electron chi connectivity index (χ0n) is 27.8. The number of amides is 4. The summed E-state index contributed by atoms with van der Waals surface area (Å²) in [5, 5.41) is 6.57. The van der Waals surface area contributed by atoms with Gasteiger partial charge in [-0.1, -0.05) is 31.1 Å². The van der Waals surface area contributed by atoms with Crippen molar-refractivity contribution in [3.05, 3.63) is 58.4 Å². The van der Waals surface area contributed by atoms with Gasteiger partial charge in [0.2, 0.25) is 27.7 Å². The van der Waals surface area contributed by atoms with Gasteiger partial charge in [0.25, 0.3) is 11.8 Å². The van der Waals surface area contributed by atoms with Crippen LogP contribution < -0.4 is 20.1 Å². The number of benzene rings is 1. The Morgan fingerprint density at radius 1 is 1.14 bits per heavy atom. The van der Waals surface area contributed by atoms with Crippen molar-refractivity contribution in [3.63, 3.8) is 0 Å². The molecule has 0 spiro atoms. The van der Waals surface area contributed by atoms with E-state index >= 15 is 0 Å². The molecule has 2 aliphatic carbocycles. The minimum absolute atomic E-state index is 0.00603. The van der Waals surface area contributed by atoms with Gasteiger partial charge in [-0.15, -0.1) is 11.3 Å². The highest BCUT2D eigenvalue weighted by Crippen LogP contribution is 2.46. The first-order chi connectivity index (χ1) is 24.4. The highest BCUT2D eigenvalue weighted by molar-refractivity contribution is 7.91. The van der Waals surface area contributed by atoms with Crippen LogP contribution in [0.5, 0.6) is 5.88 Å². The minimum atomic E-state index is -3.90. The van der Waals surface area contributed by atoms with E-state index in [9.17, 15) is 32.0 Å². The number of fused-ring (bicyclic) bond motifs is 3. The fourth-order valence-corrected chi connectivity index (χ4v) is 8.69. The van der Waals surface area contributed by atoms with Crippen molar-refractivity contribution in [2.45, 2.75) is 93.7 Å². The average molecular weight is 740 g/mol. The molecule has 0 radical (unpaired) electrons. The number of allylic oxidation sites excluding steroid dienone is 1. The zero-order valence-corrected chi connectivity index (χ0v) is 29.5. The average Bonchev–Trinajstić information content (AvgIpc) is 3.95. The van der Waals surface area contributed by atoms with Gasteiger partial charge in [0.1, 0.15) is 40.6 Å². The first kappa shape index (κ1) is 34.9. The molecule has 3 fully saturated rings. The third-order valence-corrected chi connectivity index (χ3v) is 12.3. The molecule has 1 aromatic carbocycles. The molecular formula is C34H38FN7O7S2. The van der Waals surface area contributed by atoms with Crippen LogP contribution in [0.3, 0.4) is 0 Å².